The van der Waals surface area contributed by atoms with Crippen molar-refractivity contribution in [2.75, 3.05) is 13.6 Å². The number of halogens is 1. The highest BCUT2D eigenvalue weighted by molar-refractivity contribution is 9.10. The lowest BCUT2D eigenvalue weighted by Gasteiger charge is -2.39. The smallest absolute Gasteiger partial charge is 0.0304 e. The standard InChI is InChI=1S/C16H27BrN2/c1-13(2)9-10-16(3,12-18)19(4)11-14-5-7-15(17)8-6-14/h5-8,13H,9-12,18H2,1-4H3. The van der Waals surface area contributed by atoms with Crippen LogP contribution in [0.15, 0.2) is 28.7 Å². The first-order valence-electron chi connectivity index (χ1n) is 7.03. The van der Waals surface area contributed by atoms with E-state index in [0.29, 0.717) is 6.54 Å². The van der Waals surface area contributed by atoms with Crippen molar-refractivity contribution in [3.8, 4) is 0 Å². The molecule has 0 fully saturated rings. The van der Waals surface area contributed by atoms with E-state index in [1.54, 1.807) is 0 Å². The van der Waals surface area contributed by atoms with Crippen molar-refractivity contribution in [3.05, 3.63) is 34.3 Å². The first-order valence-corrected chi connectivity index (χ1v) is 7.82. The minimum Gasteiger partial charge on any atom is -0.329 e. The summed E-state index contributed by atoms with van der Waals surface area (Å²) in [6.45, 7) is 8.46. The van der Waals surface area contributed by atoms with Gasteiger partial charge in [-0.1, -0.05) is 41.9 Å². The molecular weight excluding hydrogens is 300 g/mol. The van der Waals surface area contributed by atoms with E-state index >= 15 is 0 Å². The van der Waals surface area contributed by atoms with Crippen LogP contribution < -0.4 is 5.73 Å². The average molecular weight is 327 g/mol. The minimum absolute atomic E-state index is 0.0807. The fourth-order valence-electron chi connectivity index (χ4n) is 2.10. The number of hydrogen-bond donors (Lipinski definition) is 1. The van der Waals surface area contributed by atoms with Crippen molar-refractivity contribution < 1.29 is 0 Å². The Kier molecular flexibility index (Phi) is 6.51. The van der Waals surface area contributed by atoms with Gasteiger partial charge in [-0.25, -0.2) is 0 Å². The third-order valence-corrected chi connectivity index (χ3v) is 4.48. The molecule has 2 nitrogen and oxygen atoms in total. The van der Waals surface area contributed by atoms with Gasteiger partial charge >= 0.3 is 0 Å². The van der Waals surface area contributed by atoms with E-state index in [0.717, 1.165) is 23.4 Å². The lowest BCUT2D eigenvalue weighted by atomic mass is 9.90. The van der Waals surface area contributed by atoms with E-state index in [1.165, 1.54) is 12.0 Å². The maximum Gasteiger partial charge on any atom is 0.0304 e. The third-order valence-electron chi connectivity index (χ3n) is 3.95. The molecule has 0 aliphatic rings. The van der Waals surface area contributed by atoms with Crippen LogP contribution in [0, 0.1) is 5.92 Å². The van der Waals surface area contributed by atoms with E-state index in [2.05, 4.69) is 72.9 Å². The number of hydrogen-bond acceptors (Lipinski definition) is 2. The van der Waals surface area contributed by atoms with Gasteiger partial charge in [0, 0.05) is 23.1 Å². The third kappa shape index (κ3) is 5.25. The average Bonchev–Trinajstić information content (AvgIpc) is 2.38. The monoisotopic (exact) mass is 326 g/mol. The van der Waals surface area contributed by atoms with Crippen LogP contribution in [-0.4, -0.2) is 24.0 Å². The largest absolute Gasteiger partial charge is 0.329 e. The zero-order valence-corrected chi connectivity index (χ0v) is 14.2. The quantitative estimate of drug-likeness (QED) is 0.819. The van der Waals surface area contributed by atoms with E-state index in [-0.39, 0.29) is 5.54 Å². The second-order valence-electron chi connectivity index (χ2n) is 6.12. The molecular formula is C16H27BrN2. The van der Waals surface area contributed by atoms with E-state index in [1.807, 2.05) is 0 Å². The van der Waals surface area contributed by atoms with Crippen molar-refractivity contribution >= 4 is 15.9 Å². The predicted molar refractivity (Wildman–Crippen MR) is 87.1 cm³/mol. The highest BCUT2D eigenvalue weighted by Crippen LogP contribution is 2.23. The Morgan fingerprint density at radius 1 is 1.26 bits per heavy atom. The molecule has 0 aliphatic carbocycles. The summed E-state index contributed by atoms with van der Waals surface area (Å²) in [5, 5.41) is 0. The zero-order chi connectivity index (χ0) is 14.5. The maximum atomic E-state index is 6.02. The Hall–Kier alpha value is -0.380. The van der Waals surface area contributed by atoms with Gasteiger partial charge in [-0.2, -0.15) is 0 Å². The summed E-state index contributed by atoms with van der Waals surface area (Å²) < 4.78 is 1.13. The molecule has 108 valence electrons. The minimum atomic E-state index is 0.0807. The summed E-state index contributed by atoms with van der Waals surface area (Å²) >= 11 is 3.47. The normalized spacial score (nSPS) is 14.9. The van der Waals surface area contributed by atoms with Crippen LogP contribution in [0.1, 0.15) is 39.2 Å². The fourth-order valence-corrected chi connectivity index (χ4v) is 2.37. The Bertz CT molecular complexity index is 375. The van der Waals surface area contributed by atoms with Gasteiger partial charge in [0.1, 0.15) is 0 Å². The van der Waals surface area contributed by atoms with Crippen molar-refractivity contribution in [1.29, 1.82) is 0 Å². The molecule has 1 aromatic carbocycles. The molecule has 0 aliphatic heterocycles. The van der Waals surface area contributed by atoms with Gasteiger partial charge in [-0.15, -0.1) is 0 Å². The number of nitrogens with zero attached hydrogens (tertiary/aromatic N) is 1. The Morgan fingerprint density at radius 2 is 1.84 bits per heavy atom. The molecule has 0 spiro atoms. The molecule has 1 rings (SSSR count). The van der Waals surface area contributed by atoms with Gasteiger partial charge in [0.05, 0.1) is 0 Å². The molecule has 0 saturated carbocycles. The van der Waals surface area contributed by atoms with E-state index < -0.39 is 0 Å². The van der Waals surface area contributed by atoms with Crippen LogP contribution in [-0.2, 0) is 6.54 Å². The lowest BCUT2D eigenvalue weighted by molar-refractivity contribution is 0.119. The van der Waals surface area contributed by atoms with Crippen LogP contribution in [0.2, 0.25) is 0 Å². The summed E-state index contributed by atoms with van der Waals surface area (Å²) in [5.41, 5.74) is 7.43. The summed E-state index contributed by atoms with van der Waals surface area (Å²) in [6, 6.07) is 8.52. The van der Waals surface area contributed by atoms with Gasteiger partial charge in [0.25, 0.3) is 0 Å². The fraction of sp³-hybridized carbons (Fsp3) is 0.625. The van der Waals surface area contributed by atoms with Crippen LogP contribution >= 0.6 is 15.9 Å². The SMILES string of the molecule is CC(C)CCC(C)(CN)N(C)Cc1ccc(Br)cc1. The zero-order valence-electron chi connectivity index (χ0n) is 12.6. The molecule has 0 amide bonds. The van der Waals surface area contributed by atoms with E-state index in [9.17, 15) is 0 Å². The first kappa shape index (κ1) is 16.7. The molecule has 0 aromatic heterocycles. The molecule has 0 bridgehead atoms. The lowest BCUT2D eigenvalue weighted by Crippen LogP contribution is -2.49. The van der Waals surface area contributed by atoms with Crippen LogP contribution in [0.25, 0.3) is 0 Å². The second-order valence-corrected chi connectivity index (χ2v) is 7.03. The van der Waals surface area contributed by atoms with Gasteiger partial charge in [-0.05, 0) is 50.4 Å². The molecule has 0 heterocycles. The molecule has 19 heavy (non-hydrogen) atoms. The van der Waals surface area contributed by atoms with Crippen LogP contribution in [0.5, 0.6) is 0 Å². The highest BCUT2D eigenvalue weighted by atomic mass is 79.9. The Labute approximate surface area is 126 Å². The van der Waals surface area contributed by atoms with Gasteiger partial charge in [0.2, 0.25) is 0 Å². The number of nitrogens with two attached hydrogens (primary N) is 1. The summed E-state index contributed by atoms with van der Waals surface area (Å²) in [6.07, 6.45) is 2.37. The van der Waals surface area contributed by atoms with Crippen LogP contribution in [0.3, 0.4) is 0 Å². The van der Waals surface area contributed by atoms with Crippen LogP contribution in [0.4, 0.5) is 0 Å². The number of rotatable bonds is 7. The Morgan fingerprint density at radius 3 is 2.32 bits per heavy atom. The number of benzene rings is 1. The molecule has 1 aromatic rings. The van der Waals surface area contributed by atoms with E-state index in [4.69, 9.17) is 5.73 Å². The molecule has 0 saturated heterocycles. The van der Waals surface area contributed by atoms with Gasteiger partial charge < -0.3 is 5.73 Å². The maximum absolute atomic E-state index is 6.02. The summed E-state index contributed by atoms with van der Waals surface area (Å²) in [5.74, 6) is 0.729. The van der Waals surface area contributed by atoms with Gasteiger partial charge in [-0.3, -0.25) is 4.90 Å². The summed E-state index contributed by atoms with van der Waals surface area (Å²) in [4.78, 5) is 2.39. The van der Waals surface area contributed by atoms with Crippen molar-refractivity contribution in [2.24, 2.45) is 11.7 Å². The molecule has 0 radical (unpaired) electrons. The molecule has 1 atom stereocenters. The Balaban J connectivity index is 2.67. The van der Waals surface area contributed by atoms with Crippen molar-refractivity contribution in [2.45, 2.75) is 45.7 Å². The molecule has 1 unspecified atom stereocenters. The topological polar surface area (TPSA) is 29.3 Å². The number of likely N-dealkylation sites (N-methyl/N-ethyl adjacent to an activating group) is 1. The second kappa shape index (κ2) is 7.41. The molecule has 3 heteroatoms. The van der Waals surface area contributed by atoms with Gasteiger partial charge in [0.15, 0.2) is 0 Å². The van der Waals surface area contributed by atoms with Crippen molar-refractivity contribution in [3.63, 3.8) is 0 Å². The first-order chi connectivity index (χ1) is 8.87. The highest BCUT2D eigenvalue weighted by Gasteiger charge is 2.27. The molecule has 2 N–H and O–H groups in total. The predicted octanol–water partition coefficient (Wildman–Crippen LogP) is 4.03. The summed E-state index contributed by atoms with van der Waals surface area (Å²) in [7, 11) is 2.18. The van der Waals surface area contributed by atoms with Crippen molar-refractivity contribution in [1.82, 2.24) is 4.90 Å².